The molecule has 0 saturated heterocycles. The number of Topliss-reactive ketones (excluding diaryl/α,β-unsaturated/α-hetero) is 1. The number of carbonyl (C=O) groups excluding carboxylic acids is 3. The van der Waals surface area contributed by atoms with E-state index in [9.17, 15) is 34.5 Å². The monoisotopic (exact) mass is 589 g/mol. The van der Waals surface area contributed by atoms with Crippen LogP contribution in [0.1, 0.15) is 85.5 Å². The Labute approximate surface area is 247 Å². The first kappa shape index (κ1) is 30.4. The van der Waals surface area contributed by atoms with Gasteiger partial charge in [-0.3, -0.25) is 19.2 Å². The maximum Gasteiger partial charge on any atom is 0.310 e. The number of hydrogen-bond acceptors (Lipinski definition) is 6. The largest absolute Gasteiger partial charge is 0.481 e. The number of rotatable bonds is 6. The van der Waals surface area contributed by atoms with Crippen LogP contribution in [-0.2, 0) is 19.2 Å². The highest BCUT2D eigenvalue weighted by Gasteiger charge is 2.74. The van der Waals surface area contributed by atoms with E-state index < -0.39 is 50.5 Å². The number of carbonyl (C=O) groups is 4. The Morgan fingerprint density at radius 1 is 1.12 bits per heavy atom. The Morgan fingerprint density at radius 2 is 1.78 bits per heavy atom. The molecule has 0 aliphatic heterocycles. The lowest BCUT2D eigenvalue weighted by atomic mass is 9.45. The van der Waals surface area contributed by atoms with Crippen molar-refractivity contribution in [3.05, 3.63) is 23.8 Å². The molecule has 4 N–H and O–H groups in total. The molecule has 0 spiro atoms. The van der Waals surface area contributed by atoms with E-state index in [4.69, 9.17) is 11.6 Å². The summed E-state index contributed by atoms with van der Waals surface area (Å²) >= 11 is 7.49. The predicted molar refractivity (Wildman–Crippen MR) is 153 cm³/mol. The van der Waals surface area contributed by atoms with Crippen molar-refractivity contribution in [3.63, 3.8) is 0 Å². The predicted octanol–water partition coefficient (Wildman–Crippen LogP) is 3.96. The smallest absolute Gasteiger partial charge is 0.310 e. The minimum Gasteiger partial charge on any atom is -0.481 e. The summed E-state index contributed by atoms with van der Waals surface area (Å²) in [5.74, 6) is -2.36. The lowest BCUT2D eigenvalue weighted by molar-refractivity contribution is -0.182. The van der Waals surface area contributed by atoms with Crippen LogP contribution < -0.4 is 5.32 Å². The van der Waals surface area contributed by atoms with Gasteiger partial charge in [-0.15, -0.1) is 11.6 Å². The van der Waals surface area contributed by atoms with Gasteiger partial charge in [0.2, 0.25) is 5.91 Å². The zero-order valence-corrected chi connectivity index (χ0v) is 25.3. The van der Waals surface area contributed by atoms with E-state index in [0.29, 0.717) is 51.5 Å². The van der Waals surface area contributed by atoms with Crippen LogP contribution in [0.25, 0.3) is 0 Å². The third-order valence-electron chi connectivity index (χ3n) is 12.3. The van der Waals surface area contributed by atoms with E-state index in [2.05, 4.69) is 5.32 Å². The highest BCUT2D eigenvalue weighted by molar-refractivity contribution is 6.26. The van der Waals surface area contributed by atoms with E-state index in [1.54, 1.807) is 6.08 Å². The van der Waals surface area contributed by atoms with Gasteiger partial charge in [-0.05, 0) is 87.2 Å². The maximum absolute atomic E-state index is 14.2. The van der Waals surface area contributed by atoms with E-state index in [1.165, 1.54) is 13.0 Å². The van der Waals surface area contributed by atoms with E-state index >= 15 is 0 Å². The van der Waals surface area contributed by atoms with Crippen LogP contribution in [0.5, 0.6) is 0 Å². The molecule has 1 unspecified atom stereocenters. The van der Waals surface area contributed by atoms with Crippen molar-refractivity contribution in [3.8, 4) is 0 Å². The Bertz CT molecular complexity index is 1220. The molecule has 0 heterocycles. The van der Waals surface area contributed by atoms with Gasteiger partial charge in [0.1, 0.15) is 5.60 Å². The molecule has 41 heavy (non-hydrogen) atoms. The molecule has 4 saturated carbocycles. The Hall–Kier alpha value is -2.03. The number of ketones is 2. The van der Waals surface area contributed by atoms with Crippen molar-refractivity contribution in [1.82, 2.24) is 5.32 Å². The quantitative estimate of drug-likeness (QED) is 0.344. The fourth-order valence-corrected chi connectivity index (χ4v) is 10.3. The van der Waals surface area contributed by atoms with E-state index in [1.807, 2.05) is 26.8 Å². The molecule has 0 radical (unpaired) electrons. The number of allylic oxidation sites excluding steroid dienone is 4. The number of aliphatic carboxylic acids is 1. The van der Waals surface area contributed by atoms with Crippen LogP contribution in [0.15, 0.2) is 23.8 Å². The third-order valence-corrected chi connectivity index (χ3v) is 13.2. The second-order valence-electron chi connectivity index (χ2n) is 14.2. The average Bonchev–Trinajstić information content (AvgIpc) is 3.11. The molecule has 5 aliphatic rings. The van der Waals surface area contributed by atoms with Crippen molar-refractivity contribution in [2.24, 2.45) is 39.9 Å². The van der Waals surface area contributed by atoms with E-state index in [-0.39, 0.29) is 42.3 Å². The molecular formula is C32H44ClNO7. The summed E-state index contributed by atoms with van der Waals surface area (Å²) < 4.78 is 0. The molecule has 1 amide bonds. The van der Waals surface area contributed by atoms with Crippen LogP contribution in [0.3, 0.4) is 0 Å². The van der Waals surface area contributed by atoms with Gasteiger partial charge in [-0.1, -0.05) is 32.4 Å². The summed E-state index contributed by atoms with van der Waals surface area (Å²) in [5.41, 5.74) is -3.88. The van der Waals surface area contributed by atoms with Crippen molar-refractivity contribution in [1.29, 1.82) is 0 Å². The summed E-state index contributed by atoms with van der Waals surface area (Å²) in [6.07, 6.45) is 7.35. The molecular weight excluding hydrogens is 546 g/mol. The van der Waals surface area contributed by atoms with Crippen LogP contribution in [-0.4, -0.2) is 61.9 Å². The first-order valence-corrected chi connectivity index (χ1v) is 15.5. The molecule has 8 atom stereocenters. The van der Waals surface area contributed by atoms with E-state index in [0.717, 1.165) is 5.57 Å². The highest BCUT2D eigenvalue weighted by Crippen LogP contribution is 2.71. The van der Waals surface area contributed by atoms with Gasteiger partial charge in [0.25, 0.3) is 0 Å². The first-order chi connectivity index (χ1) is 19.0. The Balaban J connectivity index is 1.42. The molecule has 5 rings (SSSR count). The number of hydrogen-bond donors (Lipinski definition) is 4. The molecule has 0 aromatic carbocycles. The molecule has 8 nitrogen and oxygen atoms in total. The number of nitrogens with one attached hydrogen (secondary N) is 1. The van der Waals surface area contributed by atoms with Crippen LogP contribution in [0.4, 0.5) is 0 Å². The van der Waals surface area contributed by atoms with Gasteiger partial charge in [0.05, 0.1) is 16.4 Å². The molecule has 5 aliphatic carbocycles. The van der Waals surface area contributed by atoms with Gasteiger partial charge in [0.15, 0.2) is 11.6 Å². The van der Waals surface area contributed by atoms with Crippen LogP contribution >= 0.6 is 11.6 Å². The van der Waals surface area contributed by atoms with Gasteiger partial charge in [-0.2, -0.15) is 0 Å². The lowest BCUT2D eigenvalue weighted by Gasteiger charge is -2.64. The molecule has 226 valence electrons. The Kier molecular flexibility index (Phi) is 7.44. The number of carboxylic acid groups (broad SMARTS) is 1. The topological polar surface area (TPSA) is 141 Å². The average molecular weight is 590 g/mol. The summed E-state index contributed by atoms with van der Waals surface area (Å²) in [5, 5.41) is 37.3. The zero-order valence-electron chi connectivity index (χ0n) is 24.5. The summed E-state index contributed by atoms with van der Waals surface area (Å²) in [7, 11) is 0. The summed E-state index contributed by atoms with van der Waals surface area (Å²) in [6.45, 7) is 7.65. The number of amides is 1. The van der Waals surface area contributed by atoms with Crippen molar-refractivity contribution >= 4 is 35.0 Å². The molecule has 0 aromatic rings. The second kappa shape index (κ2) is 10.0. The molecule has 0 bridgehead atoms. The van der Waals surface area contributed by atoms with Gasteiger partial charge >= 0.3 is 5.97 Å². The Morgan fingerprint density at radius 3 is 2.39 bits per heavy atom. The van der Waals surface area contributed by atoms with Gasteiger partial charge in [0, 0.05) is 30.7 Å². The minimum absolute atomic E-state index is 0.0858. The maximum atomic E-state index is 14.2. The summed E-state index contributed by atoms with van der Waals surface area (Å²) in [4.78, 5) is 49.3. The highest BCUT2D eigenvalue weighted by atomic mass is 35.5. The molecule has 0 aromatic heterocycles. The third kappa shape index (κ3) is 4.21. The minimum atomic E-state index is -1.80. The van der Waals surface area contributed by atoms with Crippen molar-refractivity contribution in [2.75, 3.05) is 6.54 Å². The lowest BCUT2D eigenvalue weighted by Crippen LogP contribution is -2.69. The number of halogens is 1. The zero-order chi connectivity index (χ0) is 30.2. The van der Waals surface area contributed by atoms with Crippen LogP contribution in [0, 0.1) is 39.9 Å². The second-order valence-corrected chi connectivity index (χ2v) is 14.9. The standard InChI is InChI=1S/C32H44ClNO7/c1-18-13-24-23-6-5-21-14-22(36)9-10-28(21,3)31(23,33)25(37)15-29(24,4)32(18,41)26(38)16-30(27(39)40)11-7-20(8-12-30)17-34-19(2)35/h9-10,14,18,20,23-25,37,41H,5-8,11-13,15-17H2,1-4H3,(H,34,35)(H,39,40)/t18-,20?,23-,24-,25-,28-,29-,30?,31?,32-/m0/s1. The fourth-order valence-electron chi connectivity index (χ4n) is 9.77. The summed E-state index contributed by atoms with van der Waals surface area (Å²) in [6, 6.07) is 0. The van der Waals surface area contributed by atoms with Crippen molar-refractivity contribution in [2.45, 2.75) is 102 Å². The number of aliphatic hydroxyl groups excluding tert-OH is 1. The normalized spacial score (nSPS) is 47.0. The van der Waals surface area contributed by atoms with Crippen molar-refractivity contribution < 1.29 is 34.5 Å². The SMILES string of the molecule is CC(=O)NCC1CCC(CC(=O)[C@@]2(O)[C@@H](C)C[C@H]3[C@@H]4CCC5=CC(=O)C=C[C@]5(C)C4(Cl)[C@@H](O)C[C@@]32C)(C(=O)O)CC1. The van der Waals surface area contributed by atoms with Crippen LogP contribution in [0.2, 0.25) is 0 Å². The number of carboxylic acids is 1. The molecule has 9 heteroatoms. The number of alkyl halides is 1. The fraction of sp³-hybridized carbons (Fsp3) is 0.750. The number of fused-ring (bicyclic) bond motifs is 5. The van der Waals surface area contributed by atoms with Gasteiger partial charge in [-0.25, -0.2) is 0 Å². The van der Waals surface area contributed by atoms with Gasteiger partial charge < -0.3 is 20.6 Å². The first-order valence-electron chi connectivity index (χ1n) is 15.1. The number of aliphatic hydroxyl groups is 2. The molecule has 4 fully saturated rings.